The zero-order valence-corrected chi connectivity index (χ0v) is 58.5. The Kier molecular flexibility index (Phi) is 13.4. The minimum absolute atomic E-state index is 0.00119. The second-order valence-corrected chi connectivity index (χ2v) is 34.4. The zero-order valence-electron chi connectivity index (χ0n) is 57.7. The Hall–Kier alpha value is -8.12. The summed E-state index contributed by atoms with van der Waals surface area (Å²) in [4.78, 5) is 7.98. The van der Waals surface area contributed by atoms with Crippen LogP contribution >= 0.6 is 11.3 Å². The molecule has 0 unspecified atom stereocenters. The van der Waals surface area contributed by atoms with Crippen molar-refractivity contribution >= 4 is 94.8 Å². The van der Waals surface area contributed by atoms with Gasteiger partial charge in [0.1, 0.15) is 0 Å². The minimum atomic E-state index is -0.268. The number of nitrogens with zero attached hydrogens (tertiary/aromatic N) is 3. The SMILES string of the molecule is CC(C)(C)c1ccc(N2B3c4cc(N(c5ccc(C(C)(C)C)cc5)c5ccc(C(C)(C)C)cc5)ccc4N(c4ccc(C(C)(C)C)cc4-c4ccccc4)c4cc5c(sc6ccccc65)c(c43)-c3cc4c(cc32)C(C)(C)c2cc3c(cc2-4)C(C)(C)CCC3(C)C)cc1. The van der Waals surface area contributed by atoms with E-state index in [1.165, 1.54) is 145 Å². The minimum Gasteiger partial charge on any atom is -0.376 e. The largest absolute Gasteiger partial charge is 0.376 e. The lowest BCUT2D eigenvalue weighted by atomic mass is 9.43. The number of hydrogen-bond acceptors (Lipinski definition) is 4. The van der Waals surface area contributed by atoms with Crippen LogP contribution in [0.2, 0.25) is 0 Å². The molecule has 15 rings (SSSR count). The molecule has 5 heteroatoms. The lowest BCUT2D eigenvalue weighted by molar-refractivity contribution is 0.331. The molecule has 2 aliphatic carbocycles. The highest BCUT2D eigenvalue weighted by molar-refractivity contribution is 7.26. The van der Waals surface area contributed by atoms with E-state index in [9.17, 15) is 0 Å². The molecular formula is C87H90BN3S. The normalized spacial score (nSPS) is 16.0. The summed E-state index contributed by atoms with van der Waals surface area (Å²) >= 11 is 1.97. The monoisotopic (exact) mass is 1220 g/mol. The van der Waals surface area contributed by atoms with Crippen molar-refractivity contribution in [2.75, 3.05) is 14.6 Å². The molecule has 462 valence electrons. The van der Waals surface area contributed by atoms with E-state index >= 15 is 0 Å². The second-order valence-electron chi connectivity index (χ2n) is 33.3. The van der Waals surface area contributed by atoms with Gasteiger partial charge in [0.15, 0.2) is 0 Å². The van der Waals surface area contributed by atoms with E-state index in [0.717, 1.165) is 22.7 Å². The van der Waals surface area contributed by atoms with Gasteiger partial charge in [0.2, 0.25) is 0 Å². The molecule has 0 saturated carbocycles. The maximum Gasteiger partial charge on any atom is 0.333 e. The average molecular weight is 1220 g/mol. The maximum atomic E-state index is 2.78. The molecule has 4 aliphatic rings. The van der Waals surface area contributed by atoms with E-state index in [2.05, 4.69) is 333 Å². The summed E-state index contributed by atoms with van der Waals surface area (Å²) in [5.74, 6) is 0. The average Bonchev–Trinajstić information content (AvgIpc) is 1.27. The van der Waals surface area contributed by atoms with Crippen LogP contribution in [0.25, 0.3) is 53.6 Å². The second kappa shape index (κ2) is 20.4. The summed E-state index contributed by atoms with van der Waals surface area (Å²) in [6.45, 7) is 42.6. The smallest absolute Gasteiger partial charge is 0.333 e. The highest BCUT2D eigenvalue weighted by Gasteiger charge is 2.50. The molecule has 2 aliphatic heterocycles. The predicted molar refractivity (Wildman–Crippen MR) is 401 cm³/mol. The van der Waals surface area contributed by atoms with Gasteiger partial charge in [-0.05, 0) is 215 Å². The number of thiophene rings is 1. The zero-order chi connectivity index (χ0) is 64.7. The molecule has 10 aromatic carbocycles. The highest BCUT2D eigenvalue weighted by atomic mass is 32.1. The molecule has 0 radical (unpaired) electrons. The molecule has 11 aromatic rings. The lowest BCUT2D eigenvalue weighted by Gasteiger charge is -2.47. The molecule has 3 heterocycles. The summed E-state index contributed by atoms with van der Waals surface area (Å²) in [6, 6.07) is 76.8. The molecule has 0 N–H and O–H groups in total. The van der Waals surface area contributed by atoms with E-state index in [0.29, 0.717) is 0 Å². The third-order valence-corrected chi connectivity index (χ3v) is 22.9. The van der Waals surface area contributed by atoms with Crippen molar-refractivity contribution < 1.29 is 0 Å². The van der Waals surface area contributed by atoms with Gasteiger partial charge < -0.3 is 14.6 Å². The van der Waals surface area contributed by atoms with Crippen LogP contribution in [0.5, 0.6) is 0 Å². The van der Waals surface area contributed by atoms with Crippen molar-refractivity contribution in [3.63, 3.8) is 0 Å². The van der Waals surface area contributed by atoms with Gasteiger partial charge in [0, 0.05) is 82.1 Å². The lowest BCUT2D eigenvalue weighted by Crippen LogP contribution is -2.61. The molecule has 3 nitrogen and oxygen atoms in total. The third-order valence-electron chi connectivity index (χ3n) is 21.7. The van der Waals surface area contributed by atoms with Crippen LogP contribution in [0.15, 0.2) is 194 Å². The van der Waals surface area contributed by atoms with Crippen molar-refractivity contribution in [2.24, 2.45) is 0 Å². The predicted octanol–water partition coefficient (Wildman–Crippen LogP) is 23.7. The maximum absolute atomic E-state index is 2.78. The van der Waals surface area contributed by atoms with Crippen molar-refractivity contribution in [2.45, 2.75) is 175 Å². The quantitative estimate of drug-likeness (QED) is 0.154. The van der Waals surface area contributed by atoms with Crippen LogP contribution in [0.1, 0.15) is 182 Å². The molecule has 0 saturated heterocycles. The van der Waals surface area contributed by atoms with Crippen LogP contribution in [-0.4, -0.2) is 6.85 Å². The van der Waals surface area contributed by atoms with Crippen molar-refractivity contribution in [3.05, 3.63) is 239 Å². The van der Waals surface area contributed by atoms with E-state index < -0.39 is 0 Å². The fraction of sp³-hybridized carbons (Fsp3) is 0.310. The topological polar surface area (TPSA) is 9.72 Å². The molecular weight excluding hydrogens is 1130 g/mol. The van der Waals surface area contributed by atoms with E-state index in [1.54, 1.807) is 0 Å². The van der Waals surface area contributed by atoms with Gasteiger partial charge in [-0.2, -0.15) is 0 Å². The Morgan fingerprint density at radius 1 is 0.402 bits per heavy atom. The Balaban J connectivity index is 1.09. The van der Waals surface area contributed by atoms with Gasteiger partial charge in [0.05, 0.1) is 5.69 Å². The van der Waals surface area contributed by atoms with Crippen molar-refractivity contribution in [1.29, 1.82) is 0 Å². The number of hydrogen-bond donors (Lipinski definition) is 0. The first kappa shape index (κ1) is 60.1. The van der Waals surface area contributed by atoms with Crippen LogP contribution in [0.3, 0.4) is 0 Å². The molecule has 0 spiro atoms. The van der Waals surface area contributed by atoms with E-state index in [-0.39, 0.29) is 44.8 Å². The first-order valence-corrected chi connectivity index (χ1v) is 34.6. The molecule has 1 aromatic heterocycles. The van der Waals surface area contributed by atoms with Gasteiger partial charge in [-0.15, -0.1) is 11.3 Å². The number of benzene rings is 10. The van der Waals surface area contributed by atoms with Crippen LogP contribution in [-0.2, 0) is 37.9 Å². The first-order chi connectivity index (χ1) is 43.4. The standard InChI is InChI=1S/C87H90BN3S/c1-81(2,3)54-28-35-58(36-29-54)89(59-37-30-55(31-38-59)82(4,5)6)61-41-43-74-72(47-61)88-79-76(90(74)73-42-34-57(84(10,11)12)46-63(73)53-24-20-19-21-25-53)50-66-62-26-22-23-27-77(62)92-80(66)78(79)67-48-64-65-49-70-71(86(15,16)45-44-85(70,13)14)51-68(65)87(17,18)69(64)52-75(67)91(88)60-39-32-56(33-40-60)83(7,8)9/h19-43,46-52H,44-45H2,1-18H3. The van der Waals surface area contributed by atoms with E-state index in [4.69, 9.17) is 0 Å². The summed E-state index contributed by atoms with van der Waals surface area (Å²) in [5.41, 5.74) is 30.6. The number of fused-ring (bicyclic) bond motifs is 12. The fourth-order valence-electron chi connectivity index (χ4n) is 16.0. The van der Waals surface area contributed by atoms with Crippen molar-refractivity contribution in [3.8, 4) is 33.4 Å². The van der Waals surface area contributed by atoms with Gasteiger partial charge in [0.25, 0.3) is 0 Å². The fourth-order valence-corrected chi connectivity index (χ4v) is 17.3. The molecule has 92 heavy (non-hydrogen) atoms. The van der Waals surface area contributed by atoms with Crippen molar-refractivity contribution in [1.82, 2.24) is 0 Å². The Bertz CT molecular complexity index is 4740. The Morgan fingerprint density at radius 2 is 0.913 bits per heavy atom. The highest BCUT2D eigenvalue weighted by Crippen LogP contribution is 2.60. The summed E-state index contributed by atoms with van der Waals surface area (Å²) < 4.78 is 2.65. The van der Waals surface area contributed by atoms with Crippen LogP contribution < -0.4 is 25.5 Å². The molecule has 0 amide bonds. The molecule has 0 bridgehead atoms. The Morgan fingerprint density at radius 3 is 1.51 bits per heavy atom. The van der Waals surface area contributed by atoms with Crippen LogP contribution in [0, 0.1) is 0 Å². The number of anilines is 8. The third kappa shape index (κ3) is 9.47. The summed E-state index contributed by atoms with van der Waals surface area (Å²) in [5, 5.41) is 2.60. The Labute approximate surface area is 553 Å². The van der Waals surface area contributed by atoms with Gasteiger partial charge >= 0.3 is 6.85 Å². The number of rotatable bonds is 6. The first-order valence-electron chi connectivity index (χ1n) is 33.8. The van der Waals surface area contributed by atoms with Gasteiger partial charge in [-0.25, -0.2) is 0 Å². The summed E-state index contributed by atoms with van der Waals surface area (Å²) in [6.07, 6.45) is 2.35. The van der Waals surface area contributed by atoms with E-state index in [1.807, 2.05) is 11.3 Å². The molecule has 0 atom stereocenters. The summed E-state index contributed by atoms with van der Waals surface area (Å²) in [7, 11) is 0. The van der Waals surface area contributed by atoms with Crippen LogP contribution in [0.4, 0.5) is 45.5 Å². The molecule has 0 fully saturated rings. The van der Waals surface area contributed by atoms with Gasteiger partial charge in [-0.3, -0.25) is 0 Å². The van der Waals surface area contributed by atoms with Gasteiger partial charge in [-0.1, -0.05) is 222 Å².